The highest BCUT2D eigenvalue weighted by Gasteiger charge is 2.28. The van der Waals surface area contributed by atoms with Crippen molar-refractivity contribution in [2.45, 2.75) is 13.3 Å². The summed E-state index contributed by atoms with van der Waals surface area (Å²) in [6, 6.07) is 8.15. The largest absolute Gasteiger partial charge is 0.497 e. The molecule has 1 atom stereocenters. The summed E-state index contributed by atoms with van der Waals surface area (Å²) in [6.07, 6.45) is 0.731. The van der Waals surface area contributed by atoms with Gasteiger partial charge in [0.05, 0.1) is 18.6 Å². The van der Waals surface area contributed by atoms with Crippen molar-refractivity contribution in [1.82, 2.24) is 10.2 Å². The van der Waals surface area contributed by atoms with Gasteiger partial charge in [-0.25, -0.2) is 8.42 Å². The molecule has 0 radical (unpaired) electrons. The molecule has 27 heavy (non-hydrogen) atoms. The third kappa shape index (κ3) is 5.28. The molecule has 8 heteroatoms. The standard InChI is InChI=1S/C19H30N4O3S/c1-3-20-19(21-14-16-7-12-27(24,25)15-16)23-10-8-22(9-11-23)17-5-4-6-18(13-17)26-2/h4-6,13,16H,3,7-12,14-15H2,1-2H3,(H,20,21). The van der Waals surface area contributed by atoms with Crippen LogP contribution in [0.5, 0.6) is 5.75 Å². The number of hydrogen-bond donors (Lipinski definition) is 1. The summed E-state index contributed by atoms with van der Waals surface area (Å²) < 4.78 is 28.6. The number of benzene rings is 1. The van der Waals surface area contributed by atoms with Crippen molar-refractivity contribution < 1.29 is 13.2 Å². The van der Waals surface area contributed by atoms with Gasteiger partial charge in [-0.05, 0) is 31.4 Å². The second kappa shape index (κ2) is 8.82. The Hall–Kier alpha value is -1.96. The van der Waals surface area contributed by atoms with Crippen LogP contribution in [0.25, 0.3) is 0 Å². The number of methoxy groups -OCH3 is 1. The molecular formula is C19H30N4O3S. The average molecular weight is 395 g/mol. The molecule has 2 heterocycles. The zero-order valence-corrected chi connectivity index (χ0v) is 17.0. The van der Waals surface area contributed by atoms with Gasteiger partial charge in [0.25, 0.3) is 0 Å². The number of nitrogens with zero attached hydrogens (tertiary/aromatic N) is 3. The van der Waals surface area contributed by atoms with E-state index >= 15 is 0 Å². The monoisotopic (exact) mass is 394 g/mol. The lowest BCUT2D eigenvalue weighted by atomic mass is 10.1. The summed E-state index contributed by atoms with van der Waals surface area (Å²) in [5.74, 6) is 2.51. The second-order valence-electron chi connectivity index (χ2n) is 7.14. The molecule has 2 saturated heterocycles. The molecule has 0 bridgehead atoms. The Morgan fingerprint density at radius 1 is 1.30 bits per heavy atom. The van der Waals surface area contributed by atoms with Crippen molar-refractivity contribution in [3.63, 3.8) is 0 Å². The number of aliphatic imine (C=N–C) groups is 1. The van der Waals surface area contributed by atoms with Crippen LogP contribution in [0, 0.1) is 5.92 Å². The van der Waals surface area contributed by atoms with Crippen molar-refractivity contribution in [3.8, 4) is 5.75 Å². The molecule has 0 spiro atoms. The van der Waals surface area contributed by atoms with E-state index in [1.54, 1.807) is 7.11 Å². The first-order valence-corrected chi connectivity index (χ1v) is 11.5. The Bertz CT molecular complexity index is 758. The van der Waals surface area contributed by atoms with E-state index in [9.17, 15) is 8.42 Å². The van der Waals surface area contributed by atoms with E-state index in [2.05, 4.69) is 34.2 Å². The normalized spacial score (nSPS) is 22.7. The molecule has 1 aromatic rings. The Kier molecular flexibility index (Phi) is 6.46. The number of sulfone groups is 1. The fourth-order valence-electron chi connectivity index (χ4n) is 3.64. The maximum atomic E-state index is 11.6. The molecule has 2 aliphatic heterocycles. The highest BCUT2D eigenvalue weighted by molar-refractivity contribution is 7.91. The first-order chi connectivity index (χ1) is 13.0. The molecule has 2 fully saturated rings. The van der Waals surface area contributed by atoms with Crippen LogP contribution in [-0.4, -0.2) is 77.2 Å². The third-order valence-corrected chi connectivity index (χ3v) is 7.00. The summed E-state index contributed by atoms with van der Waals surface area (Å²) in [7, 11) is -1.16. The Labute approximate surface area is 162 Å². The maximum Gasteiger partial charge on any atom is 0.194 e. The number of nitrogens with one attached hydrogen (secondary N) is 1. The molecule has 2 aliphatic rings. The quantitative estimate of drug-likeness (QED) is 0.598. The highest BCUT2D eigenvalue weighted by atomic mass is 32.2. The number of hydrogen-bond acceptors (Lipinski definition) is 5. The lowest BCUT2D eigenvalue weighted by Gasteiger charge is -2.37. The number of guanidine groups is 1. The van der Waals surface area contributed by atoms with Crippen LogP contribution in [0.15, 0.2) is 29.3 Å². The predicted molar refractivity (Wildman–Crippen MR) is 110 cm³/mol. The van der Waals surface area contributed by atoms with Gasteiger partial charge in [0.15, 0.2) is 15.8 Å². The van der Waals surface area contributed by atoms with Gasteiger partial charge < -0.3 is 19.9 Å². The van der Waals surface area contributed by atoms with Gasteiger partial charge in [-0.15, -0.1) is 0 Å². The van der Waals surface area contributed by atoms with Crippen LogP contribution in [-0.2, 0) is 9.84 Å². The van der Waals surface area contributed by atoms with Gasteiger partial charge in [0, 0.05) is 51.0 Å². The Morgan fingerprint density at radius 2 is 2.07 bits per heavy atom. The van der Waals surface area contributed by atoms with Crippen molar-refractivity contribution >= 4 is 21.5 Å². The molecule has 0 saturated carbocycles. The van der Waals surface area contributed by atoms with E-state index in [0.29, 0.717) is 12.3 Å². The van der Waals surface area contributed by atoms with E-state index in [0.717, 1.165) is 50.9 Å². The molecule has 0 aromatic heterocycles. The van der Waals surface area contributed by atoms with E-state index < -0.39 is 9.84 Å². The van der Waals surface area contributed by atoms with Crippen molar-refractivity contribution in [2.75, 3.05) is 62.8 Å². The first-order valence-electron chi connectivity index (χ1n) is 9.63. The summed E-state index contributed by atoms with van der Waals surface area (Å²) in [6.45, 7) is 7.03. The van der Waals surface area contributed by atoms with Gasteiger partial charge in [-0.1, -0.05) is 6.07 Å². The Balaban J connectivity index is 1.58. The van der Waals surface area contributed by atoms with Crippen molar-refractivity contribution in [1.29, 1.82) is 0 Å². The van der Waals surface area contributed by atoms with Gasteiger partial charge in [0.2, 0.25) is 0 Å². The molecule has 1 N–H and O–H groups in total. The third-order valence-electron chi connectivity index (χ3n) is 5.16. The summed E-state index contributed by atoms with van der Waals surface area (Å²) in [4.78, 5) is 9.36. The lowest BCUT2D eigenvalue weighted by molar-refractivity contribution is 0.371. The Morgan fingerprint density at radius 3 is 2.70 bits per heavy atom. The lowest BCUT2D eigenvalue weighted by Crippen LogP contribution is -2.52. The topological polar surface area (TPSA) is 74.2 Å². The molecule has 0 aliphatic carbocycles. The van der Waals surface area contributed by atoms with E-state index in [1.165, 1.54) is 5.69 Å². The van der Waals surface area contributed by atoms with Crippen LogP contribution in [0.1, 0.15) is 13.3 Å². The molecular weight excluding hydrogens is 364 g/mol. The van der Waals surface area contributed by atoms with Crippen LogP contribution < -0.4 is 15.0 Å². The number of rotatable bonds is 5. The second-order valence-corrected chi connectivity index (χ2v) is 9.37. The fraction of sp³-hybridized carbons (Fsp3) is 0.632. The first kappa shape index (κ1) is 19.8. The minimum Gasteiger partial charge on any atom is -0.497 e. The van der Waals surface area contributed by atoms with Gasteiger partial charge in [-0.3, -0.25) is 4.99 Å². The number of ether oxygens (including phenoxy) is 1. The maximum absolute atomic E-state index is 11.6. The van der Waals surface area contributed by atoms with Crippen LogP contribution in [0.4, 0.5) is 5.69 Å². The SMILES string of the molecule is CCNC(=NCC1CCS(=O)(=O)C1)N1CCN(c2cccc(OC)c2)CC1. The minimum atomic E-state index is -2.84. The summed E-state index contributed by atoms with van der Waals surface area (Å²) in [5, 5.41) is 3.36. The van der Waals surface area contributed by atoms with Crippen molar-refractivity contribution in [2.24, 2.45) is 10.9 Å². The molecule has 1 aromatic carbocycles. The zero-order valence-electron chi connectivity index (χ0n) is 16.2. The van der Waals surface area contributed by atoms with Crippen molar-refractivity contribution in [3.05, 3.63) is 24.3 Å². The van der Waals surface area contributed by atoms with E-state index in [1.807, 2.05) is 12.1 Å². The van der Waals surface area contributed by atoms with Crippen LogP contribution in [0.3, 0.4) is 0 Å². The van der Waals surface area contributed by atoms with E-state index in [-0.39, 0.29) is 11.7 Å². The number of piperazine rings is 1. The van der Waals surface area contributed by atoms with E-state index in [4.69, 9.17) is 9.73 Å². The number of anilines is 1. The molecule has 1 unspecified atom stereocenters. The average Bonchev–Trinajstić information content (AvgIpc) is 3.04. The summed E-state index contributed by atoms with van der Waals surface area (Å²) >= 11 is 0. The molecule has 7 nitrogen and oxygen atoms in total. The smallest absolute Gasteiger partial charge is 0.194 e. The fourth-order valence-corrected chi connectivity index (χ4v) is 5.49. The van der Waals surface area contributed by atoms with Gasteiger partial charge in [0.1, 0.15) is 5.75 Å². The van der Waals surface area contributed by atoms with Crippen LogP contribution in [0.2, 0.25) is 0 Å². The zero-order chi connectivity index (χ0) is 19.3. The highest BCUT2D eigenvalue weighted by Crippen LogP contribution is 2.22. The minimum absolute atomic E-state index is 0.154. The molecule has 0 amide bonds. The van der Waals surface area contributed by atoms with Crippen LogP contribution >= 0.6 is 0 Å². The van der Waals surface area contributed by atoms with Gasteiger partial charge >= 0.3 is 0 Å². The predicted octanol–water partition coefficient (Wildman–Crippen LogP) is 1.22. The van der Waals surface area contributed by atoms with Gasteiger partial charge in [-0.2, -0.15) is 0 Å². The molecule has 150 valence electrons. The summed E-state index contributed by atoms with van der Waals surface area (Å²) in [5.41, 5.74) is 1.17. The molecule has 3 rings (SSSR count).